The van der Waals surface area contributed by atoms with Crippen molar-refractivity contribution in [1.29, 1.82) is 0 Å². The number of likely N-dealkylation sites (tertiary alicyclic amines) is 1. The Hall–Kier alpha value is -1.10. The maximum Gasteiger partial charge on any atom is 0.225 e. The third kappa shape index (κ3) is 4.34. The second-order valence-corrected chi connectivity index (χ2v) is 5.19. The smallest absolute Gasteiger partial charge is 0.225 e. The molecule has 1 saturated heterocycles. The number of aliphatic hydroxyl groups is 1. The summed E-state index contributed by atoms with van der Waals surface area (Å²) in [6, 6.07) is 0. The first-order valence-corrected chi connectivity index (χ1v) is 6.13. The number of carbonyl (C=O) groups excluding carboxylic acids is 2. The van der Waals surface area contributed by atoms with Gasteiger partial charge >= 0.3 is 0 Å². The van der Waals surface area contributed by atoms with Gasteiger partial charge in [-0.2, -0.15) is 0 Å². The zero-order valence-electron chi connectivity index (χ0n) is 10.8. The van der Waals surface area contributed by atoms with Crippen molar-refractivity contribution in [2.24, 2.45) is 11.8 Å². The van der Waals surface area contributed by atoms with Crippen molar-refractivity contribution in [3.8, 4) is 0 Å². The van der Waals surface area contributed by atoms with E-state index in [0.717, 1.165) is 0 Å². The molecule has 1 aliphatic heterocycles. The van der Waals surface area contributed by atoms with Crippen LogP contribution >= 0.6 is 0 Å². The van der Waals surface area contributed by atoms with E-state index in [1.54, 1.807) is 11.8 Å². The second kappa shape index (κ2) is 6.00. The van der Waals surface area contributed by atoms with E-state index >= 15 is 0 Å². The van der Waals surface area contributed by atoms with Crippen LogP contribution in [-0.4, -0.2) is 47.6 Å². The Morgan fingerprint density at radius 3 is 2.71 bits per heavy atom. The summed E-state index contributed by atoms with van der Waals surface area (Å²) in [6.45, 7) is 7.17. The molecule has 2 amide bonds. The van der Waals surface area contributed by atoms with E-state index in [1.807, 2.05) is 13.8 Å². The van der Waals surface area contributed by atoms with Gasteiger partial charge in [0, 0.05) is 26.1 Å². The van der Waals surface area contributed by atoms with Gasteiger partial charge in [0.2, 0.25) is 11.8 Å². The summed E-state index contributed by atoms with van der Waals surface area (Å²) >= 11 is 0. The number of nitrogens with zero attached hydrogens (tertiary/aromatic N) is 1. The lowest BCUT2D eigenvalue weighted by atomic mass is 10.1. The van der Waals surface area contributed by atoms with Gasteiger partial charge in [0.1, 0.15) is 0 Å². The molecule has 5 heteroatoms. The molecule has 98 valence electrons. The largest absolute Gasteiger partial charge is 0.392 e. The van der Waals surface area contributed by atoms with Crippen LogP contribution < -0.4 is 5.32 Å². The van der Waals surface area contributed by atoms with Crippen molar-refractivity contribution in [3.05, 3.63) is 0 Å². The second-order valence-electron chi connectivity index (χ2n) is 5.19. The van der Waals surface area contributed by atoms with Crippen LogP contribution in [0.1, 0.15) is 27.2 Å². The molecule has 17 heavy (non-hydrogen) atoms. The Balaban J connectivity index is 2.42. The summed E-state index contributed by atoms with van der Waals surface area (Å²) in [4.78, 5) is 25.1. The van der Waals surface area contributed by atoms with Crippen LogP contribution in [0.4, 0.5) is 0 Å². The van der Waals surface area contributed by atoms with Crippen LogP contribution in [0.2, 0.25) is 0 Å². The Morgan fingerprint density at radius 1 is 1.53 bits per heavy atom. The summed E-state index contributed by atoms with van der Waals surface area (Å²) < 4.78 is 0. The van der Waals surface area contributed by atoms with E-state index in [-0.39, 0.29) is 24.3 Å². The molecule has 1 rings (SSSR count). The predicted molar refractivity (Wildman–Crippen MR) is 64.2 cm³/mol. The Morgan fingerprint density at radius 2 is 2.18 bits per heavy atom. The minimum atomic E-state index is -0.553. The Labute approximate surface area is 102 Å². The van der Waals surface area contributed by atoms with Crippen molar-refractivity contribution in [3.63, 3.8) is 0 Å². The van der Waals surface area contributed by atoms with Crippen molar-refractivity contribution in [1.82, 2.24) is 10.2 Å². The highest BCUT2D eigenvalue weighted by Crippen LogP contribution is 2.19. The third-order valence-electron chi connectivity index (χ3n) is 2.74. The average Bonchev–Trinajstić information content (AvgIpc) is 2.56. The van der Waals surface area contributed by atoms with E-state index in [1.165, 1.54) is 0 Å². The van der Waals surface area contributed by atoms with Crippen LogP contribution in [0.15, 0.2) is 0 Å². The molecule has 0 aromatic rings. The van der Waals surface area contributed by atoms with Crippen LogP contribution in [0, 0.1) is 11.8 Å². The van der Waals surface area contributed by atoms with E-state index in [4.69, 9.17) is 5.11 Å². The first-order chi connectivity index (χ1) is 7.90. The van der Waals surface area contributed by atoms with Crippen LogP contribution in [0.5, 0.6) is 0 Å². The van der Waals surface area contributed by atoms with Crippen LogP contribution in [-0.2, 0) is 9.59 Å². The number of nitrogens with one attached hydrogen (secondary N) is 1. The third-order valence-corrected chi connectivity index (χ3v) is 2.74. The van der Waals surface area contributed by atoms with E-state index < -0.39 is 6.10 Å². The standard InChI is InChI=1S/C12H22N2O3/c1-8(2)6-14-7-10(4-11(14)16)12(17)13-5-9(3)15/h8-10,15H,4-7H2,1-3H3,(H,13,17). The van der Waals surface area contributed by atoms with Gasteiger partial charge in [-0.15, -0.1) is 0 Å². The molecule has 2 atom stereocenters. The van der Waals surface area contributed by atoms with Gasteiger partial charge in [-0.25, -0.2) is 0 Å². The molecule has 1 heterocycles. The Kier molecular flexibility index (Phi) is 4.93. The summed E-state index contributed by atoms with van der Waals surface area (Å²) in [7, 11) is 0. The Bertz CT molecular complexity index is 289. The monoisotopic (exact) mass is 242 g/mol. The van der Waals surface area contributed by atoms with Gasteiger partial charge in [-0.1, -0.05) is 13.8 Å². The van der Waals surface area contributed by atoms with Gasteiger partial charge in [0.25, 0.3) is 0 Å². The molecule has 2 N–H and O–H groups in total. The fourth-order valence-electron chi connectivity index (χ4n) is 1.96. The highest BCUT2D eigenvalue weighted by molar-refractivity contribution is 5.89. The average molecular weight is 242 g/mol. The SMILES string of the molecule is CC(C)CN1CC(C(=O)NCC(C)O)CC1=O. The minimum Gasteiger partial charge on any atom is -0.392 e. The number of rotatable bonds is 5. The molecular weight excluding hydrogens is 220 g/mol. The number of amides is 2. The summed E-state index contributed by atoms with van der Waals surface area (Å²) in [5.74, 6) is 0.0691. The van der Waals surface area contributed by atoms with Crippen LogP contribution in [0.25, 0.3) is 0 Å². The maximum atomic E-state index is 11.7. The first-order valence-electron chi connectivity index (χ1n) is 6.13. The molecule has 0 aromatic heterocycles. The molecule has 0 aliphatic carbocycles. The maximum absolute atomic E-state index is 11.7. The van der Waals surface area contributed by atoms with E-state index in [9.17, 15) is 9.59 Å². The van der Waals surface area contributed by atoms with Crippen molar-refractivity contribution >= 4 is 11.8 Å². The highest BCUT2D eigenvalue weighted by atomic mass is 16.3. The number of aliphatic hydroxyl groups excluding tert-OH is 1. The highest BCUT2D eigenvalue weighted by Gasteiger charge is 2.34. The molecular formula is C12H22N2O3. The molecule has 0 spiro atoms. The number of hydrogen-bond acceptors (Lipinski definition) is 3. The molecule has 1 aliphatic rings. The zero-order chi connectivity index (χ0) is 13.0. The molecule has 2 unspecified atom stereocenters. The zero-order valence-corrected chi connectivity index (χ0v) is 10.8. The lowest BCUT2D eigenvalue weighted by Gasteiger charge is -2.18. The predicted octanol–water partition coefficient (Wildman–Crippen LogP) is -0.0121. The summed E-state index contributed by atoms with van der Waals surface area (Å²) in [6.07, 6.45) is -0.263. The molecule has 5 nitrogen and oxygen atoms in total. The topological polar surface area (TPSA) is 69.6 Å². The van der Waals surface area contributed by atoms with Crippen LogP contribution in [0.3, 0.4) is 0 Å². The van der Waals surface area contributed by atoms with Gasteiger partial charge < -0.3 is 15.3 Å². The van der Waals surface area contributed by atoms with Gasteiger partial charge in [-0.3, -0.25) is 9.59 Å². The van der Waals surface area contributed by atoms with Gasteiger partial charge in [0.05, 0.1) is 12.0 Å². The lowest BCUT2D eigenvalue weighted by molar-refractivity contribution is -0.129. The summed E-state index contributed by atoms with van der Waals surface area (Å²) in [5.41, 5.74) is 0. The number of carbonyl (C=O) groups is 2. The fraction of sp³-hybridized carbons (Fsp3) is 0.833. The van der Waals surface area contributed by atoms with Crippen molar-refractivity contribution < 1.29 is 14.7 Å². The van der Waals surface area contributed by atoms with Crippen molar-refractivity contribution in [2.75, 3.05) is 19.6 Å². The minimum absolute atomic E-state index is 0.0518. The van der Waals surface area contributed by atoms with E-state index in [0.29, 0.717) is 25.4 Å². The molecule has 0 saturated carbocycles. The molecule has 0 radical (unpaired) electrons. The lowest BCUT2D eigenvalue weighted by Crippen LogP contribution is -2.37. The molecule has 1 fully saturated rings. The normalized spacial score (nSPS) is 22.1. The van der Waals surface area contributed by atoms with Crippen molar-refractivity contribution in [2.45, 2.75) is 33.3 Å². The van der Waals surface area contributed by atoms with Gasteiger partial charge in [-0.05, 0) is 12.8 Å². The molecule has 0 aromatic carbocycles. The quantitative estimate of drug-likeness (QED) is 0.712. The fourth-order valence-corrected chi connectivity index (χ4v) is 1.96. The first kappa shape index (κ1) is 14.0. The summed E-state index contributed by atoms with van der Waals surface area (Å²) in [5, 5.41) is 11.7. The number of hydrogen-bond donors (Lipinski definition) is 2. The molecule has 0 bridgehead atoms. The van der Waals surface area contributed by atoms with E-state index in [2.05, 4.69) is 5.32 Å². The van der Waals surface area contributed by atoms with Gasteiger partial charge in [0.15, 0.2) is 0 Å².